The first-order valence-corrected chi connectivity index (χ1v) is 6.81. The number of rotatable bonds is 6. The first kappa shape index (κ1) is 16.0. The highest BCUT2D eigenvalue weighted by atomic mass is 16.5. The van der Waals surface area contributed by atoms with Crippen molar-refractivity contribution in [2.75, 3.05) is 6.61 Å². The zero-order valence-electron chi connectivity index (χ0n) is 12.2. The molecule has 0 heterocycles. The molecule has 1 aromatic carbocycles. The fourth-order valence-corrected chi connectivity index (χ4v) is 1.62. The number of carbonyl (C=O) groups is 2. The van der Waals surface area contributed by atoms with Crippen LogP contribution in [0.5, 0.6) is 0 Å². The van der Waals surface area contributed by atoms with Crippen LogP contribution in [0.1, 0.15) is 31.9 Å². The van der Waals surface area contributed by atoms with Crippen molar-refractivity contribution in [2.24, 2.45) is 0 Å². The number of hydrogen-bond acceptors (Lipinski definition) is 3. The molecule has 20 heavy (non-hydrogen) atoms. The van der Waals surface area contributed by atoms with Gasteiger partial charge in [0, 0.05) is 6.08 Å². The molecule has 0 aliphatic heterocycles. The van der Waals surface area contributed by atoms with Crippen LogP contribution in [0.15, 0.2) is 30.3 Å². The van der Waals surface area contributed by atoms with Gasteiger partial charge in [0.15, 0.2) is 0 Å². The molecule has 0 aliphatic rings. The third-order valence-electron chi connectivity index (χ3n) is 2.81. The zero-order chi connectivity index (χ0) is 15.0. The Kier molecular flexibility index (Phi) is 6.50. The highest BCUT2D eigenvalue weighted by Crippen LogP contribution is 2.06. The molecule has 1 amide bonds. The summed E-state index contributed by atoms with van der Waals surface area (Å²) in [7, 11) is 0. The third-order valence-corrected chi connectivity index (χ3v) is 2.81. The average Bonchev–Trinajstić information content (AvgIpc) is 2.45. The Bertz CT molecular complexity index is 477. The molecule has 0 radical (unpaired) electrons. The van der Waals surface area contributed by atoms with Crippen molar-refractivity contribution in [3.05, 3.63) is 41.5 Å². The summed E-state index contributed by atoms with van der Waals surface area (Å²) in [5, 5.41) is 2.56. The van der Waals surface area contributed by atoms with E-state index in [1.165, 1.54) is 11.6 Å². The number of ether oxygens (including phenoxy) is 1. The van der Waals surface area contributed by atoms with E-state index >= 15 is 0 Å². The van der Waals surface area contributed by atoms with Crippen LogP contribution in [-0.4, -0.2) is 24.5 Å². The van der Waals surface area contributed by atoms with Crippen molar-refractivity contribution in [3.63, 3.8) is 0 Å². The fraction of sp³-hybridized carbons (Fsp3) is 0.375. The Hall–Kier alpha value is -2.10. The molecule has 0 aliphatic carbocycles. The van der Waals surface area contributed by atoms with E-state index < -0.39 is 12.0 Å². The lowest BCUT2D eigenvalue weighted by Gasteiger charge is -2.10. The average molecular weight is 275 g/mol. The van der Waals surface area contributed by atoms with E-state index in [2.05, 4.69) is 12.2 Å². The van der Waals surface area contributed by atoms with Crippen LogP contribution in [-0.2, 0) is 20.7 Å². The summed E-state index contributed by atoms with van der Waals surface area (Å²) < 4.78 is 4.82. The first-order chi connectivity index (χ1) is 9.56. The second-order valence-corrected chi connectivity index (χ2v) is 4.41. The second kappa shape index (κ2) is 8.15. The van der Waals surface area contributed by atoms with Crippen molar-refractivity contribution < 1.29 is 14.3 Å². The number of hydrogen-bond donors (Lipinski definition) is 1. The maximum atomic E-state index is 11.7. The van der Waals surface area contributed by atoms with Gasteiger partial charge >= 0.3 is 5.97 Å². The van der Waals surface area contributed by atoms with Crippen molar-refractivity contribution in [2.45, 2.75) is 33.2 Å². The summed E-state index contributed by atoms with van der Waals surface area (Å²) in [5.74, 6) is -0.744. The summed E-state index contributed by atoms with van der Waals surface area (Å²) in [4.78, 5) is 23.0. The number of esters is 1. The van der Waals surface area contributed by atoms with E-state index in [4.69, 9.17) is 4.74 Å². The summed E-state index contributed by atoms with van der Waals surface area (Å²) >= 11 is 0. The number of carbonyl (C=O) groups excluding carboxylic acids is 2. The normalized spacial score (nSPS) is 12.2. The SMILES string of the molecule is CCOC(=O)C(C)NC(=O)C=Cc1ccc(CC)cc1. The van der Waals surface area contributed by atoms with Crippen LogP contribution in [0, 0.1) is 0 Å². The summed E-state index contributed by atoms with van der Waals surface area (Å²) in [5.41, 5.74) is 2.20. The lowest BCUT2D eigenvalue weighted by molar-refractivity contribution is -0.146. The lowest BCUT2D eigenvalue weighted by atomic mass is 10.1. The molecular formula is C16H21NO3. The molecule has 0 bridgehead atoms. The minimum absolute atomic E-state index is 0.304. The predicted octanol–water partition coefficient (Wildman–Crippen LogP) is 2.33. The molecule has 4 nitrogen and oxygen atoms in total. The largest absolute Gasteiger partial charge is 0.464 e. The van der Waals surface area contributed by atoms with Gasteiger partial charge in [0.25, 0.3) is 0 Å². The van der Waals surface area contributed by atoms with Crippen LogP contribution >= 0.6 is 0 Å². The van der Waals surface area contributed by atoms with Gasteiger partial charge in [-0.3, -0.25) is 4.79 Å². The Balaban J connectivity index is 2.52. The van der Waals surface area contributed by atoms with Gasteiger partial charge in [-0.2, -0.15) is 0 Å². The topological polar surface area (TPSA) is 55.4 Å². The smallest absolute Gasteiger partial charge is 0.328 e. The highest BCUT2D eigenvalue weighted by molar-refractivity contribution is 5.94. The minimum atomic E-state index is -0.644. The van der Waals surface area contributed by atoms with Crippen LogP contribution < -0.4 is 5.32 Å². The minimum Gasteiger partial charge on any atom is -0.464 e. The van der Waals surface area contributed by atoms with Crippen LogP contribution in [0.3, 0.4) is 0 Å². The molecule has 0 saturated heterocycles. The maximum absolute atomic E-state index is 11.7. The first-order valence-electron chi connectivity index (χ1n) is 6.81. The lowest BCUT2D eigenvalue weighted by Crippen LogP contribution is -2.38. The summed E-state index contributed by atoms with van der Waals surface area (Å²) in [6, 6.07) is 7.32. The molecule has 0 saturated carbocycles. The van der Waals surface area contributed by atoms with Gasteiger partial charge in [-0.25, -0.2) is 4.79 Å². The van der Waals surface area contributed by atoms with E-state index in [0.717, 1.165) is 12.0 Å². The van der Waals surface area contributed by atoms with Gasteiger partial charge in [-0.05, 0) is 37.5 Å². The second-order valence-electron chi connectivity index (χ2n) is 4.41. The molecular weight excluding hydrogens is 254 g/mol. The van der Waals surface area contributed by atoms with Crippen molar-refractivity contribution in [3.8, 4) is 0 Å². The van der Waals surface area contributed by atoms with E-state index in [1.54, 1.807) is 19.9 Å². The van der Waals surface area contributed by atoms with Crippen LogP contribution in [0.4, 0.5) is 0 Å². The van der Waals surface area contributed by atoms with Gasteiger partial charge in [-0.15, -0.1) is 0 Å². The zero-order valence-corrected chi connectivity index (χ0v) is 12.2. The molecule has 1 N–H and O–H groups in total. The maximum Gasteiger partial charge on any atom is 0.328 e. The summed E-state index contributed by atoms with van der Waals surface area (Å²) in [6.45, 7) is 5.72. The standard InChI is InChI=1S/C16H21NO3/c1-4-13-6-8-14(9-7-13)10-11-15(18)17-12(3)16(19)20-5-2/h6-12H,4-5H2,1-3H3,(H,17,18). The fourth-order valence-electron chi connectivity index (χ4n) is 1.62. The molecule has 4 heteroatoms. The van der Waals surface area contributed by atoms with Gasteiger partial charge < -0.3 is 10.1 Å². The van der Waals surface area contributed by atoms with Crippen LogP contribution in [0.25, 0.3) is 6.08 Å². The Labute approximate surface area is 119 Å². The number of benzene rings is 1. The molecule has 0 spiro atoms. The highest BCUT2D eigenvalue weighted by Gasteiger charge is 2.14. The van der Waals surface area contributed by atoms with Crippen molar-refractivity contribution >= 4 is 18.0 Å². The van der Waals surface area contributed by atoms with Gasteiger partial charge in [0.2, 0.25) is 5.91 Å². The predicted molar refractivity (Wildman–Crippen MR) is 79.1 cm³/mol. The van der Waals surface area contributed by atoms with E-state index in [9.17, 15) is 9.59 Å². The van der Waals surface area contributed by atoms with E-state index in [-0.39, 0.29) is 5.91 Å². The van der Waals surface area contributed by atoms with Gasteiger partial charge in [0.1, 0.15) is 6.04 Å². The molecule has 108 valence electrons. The summed E-state index contributed by atoms with van der Waals surface area (Å²) in [6.07, 6.45) is 4.12. The molecule has 0 fully saturated rings. The number of amides is 1. The van der Waals surface area contributed by atoms with Gasteiger partial charge in [-0.1, -0.05) is 31.2 Å². The quantitative estimate of drug-likeness (QED) is 0.640. The molecule has 0 aromatic heterocycles. The van der Waals surface area contributed by atoms with Crippen molar-refractivity contribution in [1.82, 2.24) is 5.32 Å². The Morgan fingerprint density at radius 2 is 1.90 bits per heavy atom. The molecule has 1 atom stereocenters. The van der Waals surface area contributed by atoms with Gasteiger partial charge in [0.05, 0.1) is 6.61 Å². The molecule has 1 aromatic rings. The van der Waals surface area contributed by atoms with E-state index in [1.807, 2.05) is 24.3 Å². The van der Waals surface area contributed by atoms with Crippen LogP contribution in [0.2, 0.25) is 0 Å². The number of nitrogens with one attached hydrogen (secondary N) is 1. The third kappa shape index (κ3) is 5.26. The van der Waals surface area contributed by atoms with Crippen molar-refractivity contribution in [1.29, 1.82) is 0 Å². The number of aryl methyl sites for hydroxylation is 1. The Morgan fingerprint density at radius 3 is 2.45 bits per heavy atom. The monoisotopic (exact) mass is 275 g/mol. The molecule has 1 unspecified atom stereocenters. The Morgan fingerprint density at radius 1 is 1.25 bits per heavy atom. The molecule has 1 rings (SSSR count). The van der Waals surface area contributed by atoms with E-state index in [0.29, 0.717) is 6.61 Å².